The minimum atomic E-state index is -0.408. The normalized spacial score (nSPS) is 22.3. The summed E-state index contributed by atoms with van der Waals surface area (Å²) in [7, 11) is 0. The third kappa shape index (κ3) is 4.72. The predicted octanol–water partition coefficient (Wildman–Crippen LogP) is 3.84. The van der Waals surface area contributed by atoms with E-state index in [0.717, 1.165) is 25.0 Å². The summed E-state index contributed by atoms with van der Waals surface area (Å²) < 4.78 is 7.32. The number of nitrogen functional groups attached to an aromatic ring is 1. The van der Waals surface area contributed by atoms with Crippen LogP contribution in [0.15, 0.2) is 6.07 Å². The van der Waals surface area contributed by atoms with Gasteiger partial charge in [0.05, 0.1) is 11.2 Å². The van der Waals surface area contributed by atoms with Crippen molar-refractivity contribution in [2.75, 3.05) is 5.73 Å². The number of hydrogen-bond acceptors (Lipinski definition) is 4. The maximum absolute atomic E-state index is 12.0. The molecule has 130 valence electrons. The van der Waals surface area contributed by atoms with Crippen molar-refractivity contribution in [2.45, 2.75) is 84.3 Å². The van der Waals surface area contributed by atoms with Crippen molar-refractivity contribution < 1.29 is 9.53 Å². The molecule has 1 saturated carbocycles. The standard InChI is InChI=1S/C18H31N3O2/c1-17(2,3)21-15(19)11-14(20-21)13-8-7-12(9-13)10-16(22)23-18(4,5)6/h11-13H,7-10,19H2,1-6H3. The fourth-order valence-electron chi connectivity index (χ4n) is 3.30. The van der Waals surface area contributed by atoms with Gasteiger partial charge in [-0.3, -0.25) is 4.79 Å². The van der Waals surface area contributed by atoms with Crippen LogP contribution in [0.1, 0.15) is 78.8 Å². The van der Waals surface area contributed by atoms with Crippen molar-refractivity contribution >= 4 is 11.8 Å². The Labute approximate surface area is 139 Å². The number of esters is 1. The third-order valence-corrected chi connectivity index (χ3v) is 4.23. The Morgan fingerprint density at radius 3 is 2.48 bits per heavy atom. The first-order valence-electron chi connectivity index (χ1n) is 8.53. The maximum Gasteiger partial charge on any atom is 0.306 e. The monoisotopic (exact) mass is 321 g/mol. The first kappa shape index (κ1) is 17.8. The lowest BCUT2D eigenvalue weighted by Gasteiger charge is -2.21. The van der Waals surface area contributed by atoms with Gasteiger partial charge in [-0.05, 0) is 66.7 Å². The van der Waals surface area contributed by atoms with E-state index >= 15 is 0 Å². The minimum Gasteiger partial charge on any atom is -0.460 e. The molecule has 2 unspecified atom stereocenters. The fourth-order valence-corrected chi connectivity index (χ4v) is 3.30. The molecule has 0 saturated heterocycles. The van der Waals surface area contributed by atoms with Gasteiger partial charge in [-0.2, -0.15) is 5.10 Å². The van der Waals surface area contributed by atoms with Crippen LogP contribution in [0.3, 0.4) is 0 Å². The van der Waals surface area contributed by atoms with Crippen molar-refractivity contribution in [1.82, 2.24) is 9.78 Å². The number of nitrogens with two attached hydrogens (primary N) is 1. The molecule has 5 nitrogen and oxygen atoms in total. The van der Waals surface area contributed by atoms with E-state index in [2.05, 4.69) is 20.8 Å². The number of anilines is 1. The Morgan fingerprint density at radius 2 is 1.96 bits per heavy atom. The molecule has 0 aliphatic heterocycles. The van der Waals surface area contributed by atoms with E-state index in [1.807, 2.05) is 31.5 Å². The lowest BCUT2D eigenvalue weighted by atomic mass is 9.99. The van der Waals surface area contributed by atoms with Crippen molar-refractivity contribution in [3.05, 3.63) is 11.8 Å². The second-order valence-electron chi connectivity index (χ2n) is 8.74. The average molecular weight is 321 g/mol. The lowest BCUT2D eigenvalue weighted by molar-refractivity contribution is -0.155. The molecule has 0 spiro atoms. The first-order valence-corrected chi connectivity index (χ1v) is 8.53. The molecule has 1 aromatic heterocycles. The molecule has 1 fully saturated rings. The van der Waals surface area contributed by atoms with Gasteiger partial charge in [0.15, 0.2) is 0 Å². The van der Waals surface area contributed by atoms with Gasteiger partial charge in [-0.1, -0.05) is 0 Å². The van der Waals surface area contributed by atoms with Gasteiger partial charge in [0.25, 0.3) is 0 Å². The van der Waals surface area contributed by atoms with Crippen molar-refractivity contribution in [2.24, 2.45) is 5.92 Å². The topological polar surface area (TPSA) is 70.1 Å². The zero-order valence-corrected chi connectivity index (χ0v) is 15.3. The van der Waals surface area contributed by atoms with Crippen LogP contribution in [-0.4, -0.2) is 21.4 Å². The van der Waals surface area contributed by atoms with Crippen LogP contribution >= 0.6 is 0 Å². The molecule has 1 aliphatic carbocycles. The lowest BCUT2D eigenvalue weighted by Crippen LogP contribution is -2.25. The highest BCUT2D eigenvalue weighted by molar-refractivity contribution is 5.70. The number of rotatable bonds is 3. The van der Waals surface area contributed by atoms with Crippen LogP contribution in [0.4, 0.5) is 5.82 Å². The summed E-state index contributed by atoms with van der Waals surface area (Å²) in [4.78, 5) is 12.0. The zero-order valence-electron chi connectivity index (χ0n) is 15.3. The summed E-state index contributed by atoms with van der Waals surface area (Å²) in [6.07, 6.45) is 3.60. The molecule has 1 heterocycles. The van der Waals surface area contributed by atoms with Crippen LogP contribution in [0.2, 0.25) is 0 Å². The molecule has 0 radical (unpaired) electrons. The minimum absolute atomic E-state index is 0.0946. The number of hydrogen-bond donors (Lipinski definition) is 1. The Kier molecular flexibility index (Phi) is 4.79. The SMILES string of the molecule is CC(C)(C)OC(=O)CC1CCC(c2cc(N)n(C(C)(C)C)n2)C1. The predicted molar refractivity (Wildman–Crippen MR) is 92.2 cm³/mol. The molecule has 0 bridgehead atoms. The van der Waals surface area contributed by atoms with Gasteiger partial charge in [-0.25, -0.2) is 4.68 Å². The molecular formula is C18H31N3O2. The summed E-state index contributed by atoms with van der Waals surface area (Å²) in [5.41, 5.74) is 6.64. The summed E-state index contributed by atoms with van der Waals surface area (Å²) in [6, 6.07) is 1.99. The van der Waals surface area contributed by atoms with Gasteiger partial charge < -0.3 is 10.5 Å². The maximum atomic E-state index is 12.0. The number of carbonyl (C=O) groups excluding carboxylic acids is 1. The molecule has 0 aromatic carbocycles. The summed E-state index contributed by atoms with van der Waals surface area (Å²) in [5, 5.41) is 4.71. The van der Waals surface area contributed by atoms with E-state index in [1.165, 1.54) is 0 Å². The van der Waals surface area contributed by atoms with E-state index in [9.17, 15) is 4.79 Å². The van der Waals surface area contributed by atoms with Crippen molar-refractivity contribution in [3.8, 4) is 0 Å². The quantitative estimate of drug-likeness (QED) is 0.859. The summed E-state index contributed by atoms with van der Waals surface area (Å²) in [6.45, 7) is 12.0. The van der Waals surface area contributed by atoms with E-state index < -0.39 is 5.60 Å². The van der Waals surface area contributed by atoms with Crippen LogP contribution in [0.5, 0.6) is 0 Å². The first-order chi connectivity index (χ1) is 10.5. The molecule has 0 amide bonds. The highest BCUT2D eigenvalue weighted by Crippen LogP contribution is 2.40. The number of ether oxygens (including phenoxy) is 1. The molecule has 1 aromatic rings. The molecule has 2 atom stereocenters. The van der Waals surface area contributed by atoms with E-state index in [-0.39, 0.29) is 11.5 Å². The Hall–Kier alpha value is -1.52. The van der Waals surface area contributed by atoms with E-state index in [1.54, 1.807) is 0 Å². The molecule has 2 N–H and O–H groups in total. The van der Waals surface area contributed by atoms with Gasteiger partial charge in [0.1, 0.15) is 11.4 Å². The largest absolute Gasteiger partial charge is 0.460 e. The second kappa shape index (κ2) is 6.17. The molecule has 1 aliphatic rings. The van der Waals surface area contributed by atoms with Crippen LogP contribution in [-0.2, 0) is 15.1 Å². The van der Waals surface area contributed by atoms with Gasteiger partial charge in [0, 0.05) is 18.4 Å². The molecular weight excluding hydrogens is 290 g/mol. The van der Waals surface area contributed by atoms with E-state index in [4.69, 9.17) is 15.6 Å². The summed E-state index contributed by atoms with van der Waals surface area (Å²) >= 11 is 0. The Morgan fingerprint density at radius 1 is 1.30 bits per heavy atom. The summed E-state index contributed by atoms with van der Waals surface area (Å²) in [5.74, 6) is 1.40. The molecule has 23 heavy (non-hydrogen) atoms. The Balaban J connectivity index is 1.97. The van der Waals surface area contributed by atoms with Gasteiger partial charge in [-0.15, -0.1) is 0 Å². The second-order valence-corrected chi connectivity index (χ2v) is 8.74. The van der Waals surface area contributed by atoms with E-state index in [0.29, 0.717) is 24.1 Å². The molecule has 5 heteroatoms. The zero-order chi connectivity index (χ0) is 17.4. The van der Waals surface area contributed by atoms with Gasteiger partial charge >= 0.3 is 5.97 Å². The van der Waals surface area contributed by atoms with Crippen molar-refractivity contribution in [3.63, 3.8) is 0 Å². The van der Waals surface area contributed by atoms with Gasteiger partial charge in [0.2, 0.25) is 0 Å². The molecule has 2 rings (SSSR count). The Bertz CT molecular complexity index is 564. The van der Waals surface area contributed by atoms with Crippen LogP contribution < -0.4 is 5.73 Å². The highest BCUT2D eigenvalue weighted by atomic mass is 16.6. The average Bonchev–Trinajstić information content (AvgIpc) is 2.92. The third-order valence-electron chi connectivity index (χ3n) is 4.23. The fraction of sp³-hybridized carbons (Fsp3) is 0.778. The number of carbonyl (C=O) groups is 1. The number of aromatic nitrogens is 2. The number of nitrogens with zero attached hydrogens (tertiary/aromatic N) is 2. The smallest absolute Gasteiger partial charge is 0.306 e. The van der Waals surface area contributed by atoms with Crippen LogP contribution in [0, 0.1) is 5.92 Å². The highest BCUT2D eigenvalue weighted by Gasteiger charge is 2.31. The van der Waals surface area contributed by atoms with Crippen LogP contribution in [0.25, 0.3) is 0 Å². The van der Waals surface area contributed by atoms with Crippen molar-refractivity contribution in [1.29, 1.82) is 0 Å².